The van der Waals surface area contributed by atoms with Crippen LogP contribution in [0.2, 0.25) is 5.02 Å². The SMILES string of the molecule is CC1=Cc2cc3c(cc2C(c2ccc([N+](=O)[O-])c(Cl)c2)=NN1C(=O)OC(C)(C)C)OCO3. The fourth-order valence-electron chi connectivity index (χ4n) is 3.31. The molecule has 166 valence electrons. The largest absolute Gasteiger partial charge is 0.454 e. The first kappa shape index (κ1) is 21.6. The molecule has 0 aromatic heterocycles. The summed E-state index contributed by atoms with van der Waals surface area (Å²) in [4.78, 5) is 23.5. The van der Waals surface area contributed by atoms with E-state index in [1.54, 1.807) is 45.9 Å². The van der Waals surface area contributed by atoms with E-state index in [2.05, 4.69) is 5.10 Å². The van der Waals surface area contributed by atoms with Gasteiger partial charge in [0.05, 0.1) is 10.6 Å². The van der Waals surface area contributed by atoms with Gasteiger partial charge in [-0.2, -0.15) is 10.1 Å². The summed E-state index contributed by atoms with van der Waals surface area (Å²) in [5.74, 6) is 1.10. The Morgan fingerprint density at radius 3 is 2.53 bits per heavy atom. The van der Waals surface area contributed by atoms with Crippen molar-refractivity contribution in [3.63, 3.8) is 0 Å². The quantitative estimate of drug-likeness (QED) is 0.445. The number of fused-ring (bicyclic) bond motifs is 2. The number of benzene rings is 2. The highest BCUT2D eigenvalue weighted by Gasteiger charge is 2.29. The van der Waals surface area contributed by atoms with Crippen molar-refractivity contribution in [3.05, 3.63) is 67.9 Å². The molecular formula is C22H20ClN3O6. The van der Waals surface area contributed by atoms with Crippen LogP contribution in [-0.2, 0) is 4.74 Å². The summed E-state index contributed by atoms with van der Waals surface area (Å²) in [5, 5.41) is 16.9. The molecule has 0 unspecified atom stereocenters. The van der Waals surface area contributed by atoms with Gasteiger partial charge in [0, 0.05) is 22.9 Å². The van der Waals surface area contributed by atoms with Gasteiger partial charge in [0.25, 0.3) is 5.69 Å². The van der Waals surface area contributed by atoms with Gasteiger partial charge in [-0.1, -0.05) is 11.6 Å². The van der Waals surface area contributed by atoms with Gasteiger partial charge >= 0.3 is 6.09 Å². The molecule has 0 radical (unpaired) electrons. The van der Waals surface area contributed by atoms with Crippen LogP contribution in [0.25, 0.3) is 6.08 Å². The van der Waals surface area contributed by atoms with E-state index >= 15 is 0 Å². The maximum absolute atomic E-state index is 12.9. The van der Waals surface area contributed by atoms with Crippen LogP contribution in [0.3, 0.4) is 0 Å². The number of carbonyl (C=O) groups excluding carboxylic acids is 1. The standard InChI is InChI=1S/C22H20ClN3O6/c1-12-7-14-9-18-19(31-11-30-18)10-15(14)20(24-25(12)21(27)32-22(2,3)4)13-5-6-17(26(28)29)16(23)8-13/h5-10H,11H2,1-4H3. The maximum Gasteiger partial charge on any atom is 0.435 e. The van der Waals surface area contributed by atoms with Gasteiger partial charge in [-0.05, 0) is 63.6 Å². The fraction of sp³-hybridized carbons (Fsp3) is 0.273. The maximum atomic E-state index is 12.9. The van der Waals surface area contributed by atoms with Gasteiger partial charge in [0.2, 0.25) is 6.79 Å². The van der Waals surface area contributed by atoms with E-state index in [9.17, 15) is 14.9 Å². The highest BCUT2D eigenvalue weighted by molar-refractivity contribution is 6.33. The molecule has 2 aliphatic heterocycles. The Bertz CT molecular complexity index is 1200. The van der Waals surface area contributed by atoms with Gasteiger partial charge in [-0.3, -0.25) is 10.1 Å². The minimum atomic E-state index is -0.730. The first-order valence-electron chi connectivity index (χ1n) is 9.72. The van der Waals surface area contributed by atoms with E-state index in [1.807, 2.05) is 0 Å². The van der Waals surface area contributed by atoms with Crippen LogP contribution in [0, 0.1) is 10.1 Å². The Kier molecular flexibility index (Phi) is 5.29. The highest BCUT2D eigenvalue weighted by atomic mass is 35.5. The number of nitro benzene ring substituents is 1. The van der Waals surface area contributed by atoms with E-state index in [4.69, 9.17) is 25.8 Å². The highest BCUT2D eigenvalue weighted by Crippen LogP contribution is 2.38. The molecule has 0 aliphatic carbocycles. The van der Waals surface area contributed by atoms with Crippen molar-refractivity contribution in [2.75, 3.05) is 6.79 Å². The van der Waals surface area contributed by atoms with Crippen molar-refractivity contribution in [2.45, 2.75) is 33.3 Å². The lowest BCUT2D eigenvalue weighted by Gasteiger charge is -2.24. The smallest absolute Gasteiger partial charge is 0.435 e. The number of nitrogens with zero attached hydrogens (tertiary/aromatic N) is 3. The molecule has 0 bridgehead atoms. The number of amides is 1. The topological polar surface area (TPSA) is 104 Å². The first-order chi connectivity index (χ1) is 15.0. The second-order valence-corrected chi connectivity index (χ2v) is 8.65. The van der Waals surface area contributed by atoms with Gasteiger partial charge in [-0.15, -0.1) is 0 Å². The van der Waals surface area contributed by atoms with Gasteiger partial charge in [-0.25, -0.2) is 4.79 Å². The molecule has 4 rings (SSSR count). The predicted octanol–water partition coefficient (Wildman–Crippen LogP) is 5.34. The monoisotopic (exact) mass is 457 g/mol. The van der Waals surface area contributed by atoms with Crippen LogP contribution in [0.4, 0.5) is 10.5 Å². The summed E-state index contributed by atoms with van der Waals surface area (Å²) in [5.41, 5.74) is 1.78. The van der Waals surface area contributed by atoms with Crippen LogP contribution in [0.5, 0.6) is 11.5 Å². The van der Waals surface area contributed by atoms with Crippen molar-refractivity contribution in [2.24, 2.45) is 5.10 Å². The Morgan fingerprint density at radius 2 is 1.91 bits per heavy atom. The Balaban J connectivity index is 1.90. The van der Waals surface area contributed by atoms with Crippen LogP contribution >= 0.6 is 11.6 Å². The summed E-state index contributed by atoms with van der Waals surface area (Å²) in [6.45, 7) is 7.11. The molecule has 0 N–H and O–H groups in total. The normalized spacial score (nSPS) is 14.8. The molecule has 0 spiro atoms. The molecule has 9 nitrogen and oxygen atoms in total. The molecule has 0 saturated carbocycles. The van der Waals surface area contributed by atoms with Crippen LogP contribution in [-0.4, -0.2) is 34.1 Å². The summed E-state index contributed by atoms with van der Waals surface area (Å²) in [7, 11) is 0. The lowest BCUT2D eigenvalue weighted by Crippen LogP contribution is -2.33. The number of nitro groups is 1. The van der Waals surface area contributed by atoms with Crippen LogP contribution in [0.15, 0.2) is 41.1 Å². The number of halogens is 1. The lowest BCUT2D eigenvalue weighted by atomic mass is 9.96. The first-order valence-corrected chi connectivity index (χ1v) is 10.1. The number of rotatable bonds is 2. The summed E-state index contributed by atoms with van der Waals surface area (Å²) >= 11 is 6.16. The lowest BCUT2D eigenvalue weighted by molar-refractivity contribution is -0.384. The molecule has 2 aromatic carbocycles. The molecule has 2 heterocycles. The van der Waals surface area contributed by atoms with Gasteiger partial charge in [0.15, 0.2) is 11.5 Å². The van der Waals surface area contributed by atoms with Gasteiger partial charge in [0.1, 0.15) is 10.6 Å². The second-order valence-electron chi connectivity index (χ2n) is 8.24. The number of hydrazone groups is 1. The van der Waals surface area contributed by atoms with E-state index in [0.29, 0.717) is 34.0 Å². The van der Waals surface area contributed by atoms with Gasteiger partial charge < -0.3 is 14.2 Å². The molecule has 0 fully saturated rings. The van der Waals surface area contributed by atoms with Crippen LogP contribution in [0.1, 0.15) is 44.4 Å². The Labute approximate surface area is 189 Å². The Morgan fingerprint density at radius 1 is 1.22 bits per heavy atom. The molecule has 32 heavy (non-hydrogen) atoms. The summed E-state index contributed by atoms with van der Waals surface area (Å²) < 4.78 is 16.5. The molecule has 2 aliphatic rings. The zero-order chi connectivity index (χ0) is 23.2. The average molecular weight is 458 g/mol. The van der Waals surface area contributed by atoms with Crippen molar-refractivity contribution in [1.29, 1.82) is 0 Å². The minimum absolute atomic E-state index is 0.0461. The third-order valence-corrected chi connectivity index (χ3v) is 4.99. The molecule has 2 aromatic rings. The number of carbonyl (C=O) groups is 1. The van der Waals surface area contributed by atoms with E-state index in [-0.39, 0.29) is 17.5 Å². The van der Waals surface area contributed by atoms with Crippen molar-refractivity contribution < 1.29 is 23.9 Å². The van der Waals surface area contributed by atoms with Crippen molar-refractivity contribution in [3.8, 4) is 11.5 Å². The summed E-state index contributed by atoms with van der Waals surface area (Å²) in [6, 6.07) is 7.83. The molecule has 1 amide bonds. The zero-order valence-corrected chi connectivity index (χ0v) is 18.6. The third-order valence-electron chi connectivity index (χ3n) is 4.68. The zero-order valence-electron chi connectivity index (χ0n) is 17.8. The number of allylic oxidation sites excluding steroid dienone is 1. The molecule has 0 saturated heterocycles. The van der Waals surface area contributed by atoms with Crippen molar-refractivity contribution >= 4 is 35.2 Å². The van der Waals surface area contributed by atoms with E-state index in [1.165, 1.54) is 18.2 Å². The molecular weight excluding hydrogens is 438 g/mol. The fourth-order valence-corrected chi connectivity index (χ4v) is 3.56. The number of ether oxygens (including phenoxy) is 3. The average Bonchev–Trinajstić information content (AvgIpc) is 3.07. The van der Waals surface area contributed by atoms with Crippen molar-refractivity contribution in [1.82, 2.24) is 5.01 Å². The van der Waals surface area contributed by atoms with E-state index in [0.717, 1.165) is 10.6 Å². The minimum Gasteiger partial charge on any atom is -0.454 e. The predicted molar refractivity (Wildman–Crippen MR) is 118 cm³/mol. The molecule has 10 heteroatoms. The third kappa shape index (κ3) is 4.11. The summed E-state index contributed by atoms with van der Waals surface area (Å²) in [6.07, 6.45) is 1.12. The molecule has 0 atom stereocenters. The number of hydrogen-bond acceptors (Lipinski definition) is 7. The van der Waals surface area contributed by atoms with E-state index < -0.39 is 16.6 Å². The van der Waals surface area contributed by atoms with Crippen LogP contribution < -0.4 is 9.47 Å². The Hall–Kier alpha value is -3.59. The number of hydrogen-bond donors (Lipinski definition) is 0. The second kappa shape index (κ2) is 7.83.